The van der Waals surface area contributed by atoms with E-state index in [1.165, 1.54) is 6.20 Å². The number of anilines is 4. The number of pyridine rings is 2. The second kappa shape index (κ2) is 20.1. The van der Waals surface area contributed by atoms with E-state index in [2.05, 4.69) is 72.8 Å². The summed E-state index contributed by atoms with van der Waals surface area (Å²) in [6.45, 7) is 12.8. The summed E-state index contributed by atoms with van der Waals surface area (Å²) in [4.78, 5) is 34.7. The fraction of sp³-hybridized carbons (Fsp3) is 0.556. The fourth-order valence-corrected chi connectivity index (χ4v) is 9.59. The quantitative estimate of drug-likeness (QED) is 0.0810. The van der Waals surface area contributed by atoms with Crippen molar-refractivity contribution in [1.82, 2.24) is 35.9 Å². The molecule has 0 aromatic carbocycles. The number of halogens is 2. The summed E-state index contributed by atoms with van der Waals surface area (Å²) in [5, 5.41) is 34.4. The van der Waals surface area contributed by atoms with Crippen LogP contribution in [0, 0.1) is 23.7 Å². The molecule has 16 nitrogen and oxygen atoms in total. The first-order valence-corrected chi connectivity index (χ1v) is 23.0. The van der Waals surface area contributed by atoms with Gasteiger partial charge >= 0.3 is 0 Å². The monoisotopic (exact) mass is 901 g/mol. The molecular weight excluding hydrogens is 843 g/mol. The van der Waals surface area contributed by atoms with Crippen LogP contribution in [-0.4, -0.2) is 101 Å². The van der Waals surface area contributed by atoms with Crippen molar-refractivity contribution in [3.8, 4) is 22.5 Å². The lowest BCUT2D eigenvalue weighted by atomic mass is 9.87. The Hall–Kier alpha value is -4.58. The minimum atomic E-state index is -0.528. The number of carbonyl (C=O) groups excluding carboxylic acids is 2. The molecular formula is C45H59Cl2N12O4+. The van der Waals surface area contributed by atoms with Crippen LogP contribution in [0.4, 0.5) is 23.0 Å². The number of nitrogens with one attached hydrogen (secondary N) is 6. The average molecular weight is 903 g/mol. The summed E-state index contributed by atoms with van der Waals surface area (Å²) >= 11 is 13.4. The van der Waals surface area contributed by atoms with Gasteiger partial charge in [0.05, 0.1) is 45.1 Å². The predicted octanol–water partition coefficient (Wildman–Crippen LogP) is 5.99. The van der Waals surface area contributed by atoms with Crippen molar-refractivity contribution in [2.24, 2.45) is 23.7 Å². The normalized spacial score (nSPS) is 24.7. The van der Waals surface area contributed by atoms with Gasteiger partial charge in [-0.3, -0.25) is 9.59 Å². The summed E-state index contributed by atoms with van der Waals surface area (Å²) in [5.41, 5.74) is 3.55. The average Bonchev–Trinajstić information content (AvgIpc) is 3.82. The molecule has 6 N–H and O–H groups in total. The van der Waals surface area contributed by atoms with Gasteiger partial charge in [-0.15, -0.1) is 0 Å². The van der Waals surface area contributed by atoms with E-state index in [1.54, 1.807) is 24.5 Å². The number of aromatic nitrogens is 6. The highest BCUT2D eigenvalue weighted by molar-refractivity contribution is 6.33. The number of carbonyl (C=O) groups is 2. The molecule has 4 aromatic heterocycles. The van der Waals surface area contributed by atoms with Crippen molar-refractivity contribution in [2.45, 2.75) is 83.5 Å². The molecule has 18 heteroatoms. The number of hydrogen-bond donors (Lipinski definition) is 6. The molecule has 4 aromatic rings. The lowest BCUT2D eigenvalue weighted by molar-refractivity contribution is -0.764. The van der Waals surface area contributed by atoms with Gasteiger partial charge in [-0.1, -0.05) is 27.9 Å². The molecule has 4 fully saturated rings. The van der Waals surface area contributed by atoms with Gasteiger partial charge in [0, 0.05) is 68.0 Å². The van der Waals surface area contributed by atoms with E-state index in [4.69, 9.17) is 37.8 Å². The third-order valence-corrected chi connectivity index (χ3v) is 13.1. The first-order chi connectivity index (χ1) is 30.4. The van der Waals surface area contributed by atoms with Crippen molar-refractivity contribution in [3.63, 3.8) is 0 Å². The summed E-state index contributed by atoms with van der Waals surface area (Å²) in [5.74, 6) is 1.26. The van der Waals surface area contributed by atoms with Gasteiger partial charge in [-0.05, 0) is 115 Å². The highest BCUT2D eigenvalue weighted by Gasteiger charge is 2.38. The highest BCUT2D eigenvalue weighted by Crippen LogP contribution is 2.34. The molecule has 4 aliphatic heterocycles. The summed E-state index contributed by atoms with van der Waals surface area (Å²) in [6.07, 6.45) is 13.0. The SMILES string of the molecule is CC1(C)CC(CNc2cc(-c3cc(NC(=O)C4CCNC4)ncc3Cl)n[n+](CC3(C)CC(CNc4cnnc(-c5cc(NC(=O)C6CCCNC6)ncc5Cl)c4)CCO3)c2)CCO1. The number of rotatable bonds is 14. The summed E-state index contributed by atoms with van der Waals surface area (Å²) in [7, 11) is 0. The van der Waals surface area contributed by atoms with Gasteiger partial charge in [0.2, 0.25) is 24.6 Å². The van der Waals surface area contributed by atoms with E-state index in [0.717, 1.165) is 82.6 Å². The first kappa shape index (κ1) is 45.0. The molecule has 0 radical (unpaired) electrons. The Kier molecular flexibility index (Phi) is 14.3. The lowest BCUT2D eigenvalue weighted by Gasteiger charge is -2.36. The van der Waals surface area contributed by atoms with Gasteiger partial charge in [0.15, 0.2) is 0 Å². The van der Waals surface area contributed by atoms with E-state index < -0.39 is 5.60 Å². The van der Waals surface area contributed by atoms with Crippen LogP contribution in [0.5, 0.6) is 0 Å². The molecule has 8 rings (SSSR count). The number of nitrogens with zero attached hydrogens (tertiary/aromatic N) is 6. The molecule has 0 bridgehead atoms. The van der Waals surface area contributed by atoms with Gasteiger partial charge in [0.1, 0.15) is 28.6 Å². The largest absolute Gasteiger partial charge is 0.383 e. The molecule has 0 spiro atoms. The van der Waals surface area contributed by atoms with Crippen LogP contribution in [0.3, 0.4) is 0 Å². The van der Waals surface area contributed by atoms with Crippen molar-refractivity contribution in [1.29, 1.82) is 0 Å². The van der Waals surface area contributed by atoms with Gasteiger partial charge in [-0.25, -0.2) is 9.97 Å². The van der Waals surface area contributed by atoms with Crippen LogP contribution in [0.25, 0.3) is 22.5 Å². The van der Waals surface area contributed by atoms with Crippen molar-refractivity contribution < 1.29 is 23.7 Å². The van der Waals surface area contributed by atoms with Crippen molar-refractivity contribution in [2.75, 3.05) is 73.7 Å². The molecule has 0 aliphatic carbocycles. The molecule has 4 aliphatic rings. The smallest absolute Gasteiger partial charge is 0.229 e. The Labute approximate surface area is 378 Å². The summed E-state index contributed by atoms with van der Waals surface area (Å²) < 4.78 is 14.5. The van der Waals surface area contributed by atoms with E-state index in [1.807, 2.05) is 23.0 Å². The fourth-order valence-electron chi connectivity index (χ4n) is 9.19. The van der Waals surface area contributed by atoms with Gasteiger partial charge < -0.3 is 41.4 Å². The first-order valence-electron chi connectivity index (χ1n) is 22.2. The number of piperidine rings is 1. The Morgan fingerprint density at radius 3 is 2.03 bits per heavy atom. The second-order valence-electron chi connectivity index (χ2n) is 18.3. The van der Waals surface area contributed by atoms with Crippen LogP contribution in [0.1, 0.15) is 65.7 Å². The molecule has 336 valence electrons. The maximum atomic E-state index is 13.0. The third kappa shape index (κ3) is 12.0. The zero-order valence-electron chi connectivity index (χ0n) is 36.3. The molecule has 4 saturated heterocycles. The Morgan fingerprint density at radius 2 is 1.38 bits per heavy atom. The van der Waals surface area contributed by atoms with Gasteiger partial charge in [0.25, 0.3) is 0 Å². The van der Waals surface area contributed by atoms with Crippen LogP contribution in [0.2, 0.25) is 10.0 Å². The van der Waals surface area contributed by atoms with Crippen molar-refractivity contribution in [3.05, 3.63) is 59.1 Å². The van der Waals surface area contributed by atoms with Crippen LogP contribution in [0.15, 0.2) is 49.1 Å². The highest BCUT2D eigenvalue weighted by atomic mass is 35.5. The molecule has 0 saturated carbocycles. The summed E-state index contributed by atoms with van der Waals surface area (Å²) in [6, 6.07) is 7.47. The lowest BCUT2D eigenvalue weighted by Crippen LogP contribution is -2.53. The standard InChI is InChI=1S/C45H58Cl2N12O4/c1-44(2)17-28(7-11-62-44)19-51-33-14-39(35-16-41(53-25-37(35)47)56-43(61)31-6-10-49-22-31)58-59(26-33)27-45(3)18-29(8-12-63-45)20-50-32-13-38(57-54-23-32)34-15-40(52-24-36(34)46)55-42(60)30-5-4-9-48-21-30/h13-16,23-26,28-31,48-49H,4-12,17-22,27H2,1-3H3,(H3-,50,51,52,53,55,56,57,58,60,61)/p+1. The van der Waals surface area contributed by atoms with Gasteiger partial charge in [-0.2, -0.15) is 10.2 Å². The zero-order chi connectivity index (χ0) is 44.0. The molecule has 5 unspecified atom stereocenters. The Morgan fingerprint density at radius 1 is 0.762 bits per heavy atom. The minimum absolute atomic E-state index is 0.0621. The zero-order valence-corrected chi connectivity index (χ0v) is 37.8. The second-order valence-corrected chi connectivity index (χ2v) is 19.2. The number of ether oxygens (including phenoxy) is 2. The van der Waals surface area contributed by atoms with Crippen LogP contribution >= 0.6 is 23.2 Å². The van der Waals surface area contributed by atoms with Crippen LogP contribution in [-0.2, 0) is 25.6 Å². The van der Waals surface area contributed by atoms with Crippen LogP contribution < -0.4 is 36.6 Å². The van der Waals surface area contributed by atoms with E-state index in [0.29, 0.717) is 82.9 Å². The minimum Gasteiger partial charge on any atom is -0.383 e. The maximum absolute atomic E-state index is 13.0. The molecule has 2 amide bonds. The topological polar surface area (TPSA) is 193 Å². The van der Waals surface area contributed by atoms with E-state index >= 15 is 0 Å². The molecule has 63 heavy (non-hydrogen) atoms. The maximum Gasteiger partial charge on any atom is 0.229 e. The molecule has 8 heterocycles. The third-order valence-electron chi connectivity index (χ3n) is 12.5. The molecule has 5 atom stereocenters. The predicted molar refractivity (Wildman–Crippen MR) is 244 cm³/mol. The number of amides is 2. The Bertz CT molecular complexity index is 2260. The van der Waals surface area contributed by atoms with E-state index in [-0.39, 0.29) is 35.2 Å². The van der Waals surface area contributed by atoms with E-state index in [9.17, 15) is 9.59 Å². The number of hydrogen-bond acceptors (Lipinski definition) is 13. The Balaban J connectivity index is 0.959. The van der Waals surface area contributed by atoms with Crippen molar-refractivity contribution >= 4 is 58.0 Å².